The van der Waals surface area contributed by atoms with Crippen molar-refractivity contribution in [3.63, 3.8) is 0 Å². The van der Waals surface area contributed by atoms with Gasteiger partial charge in [0.05, 0.1) is 0 Å². The molecule has 1 atom stereocenters. The zero-order valence-corrected chi connectivity index (χ0v) is 10.4. The van der Waals surface area contributed by atoms with Crippen LogP contribution in [0.2, 0.25) is 0 Å². The van der Waals surface area contributed by atoms with Crippen LogP contribution >= 0.6 is 0 Å². The quantitative estimate of drug-likeness (QED) is 0.878. The molecule has 0 spiro atoms. The SMILES string of the molecule is O=C(NC1Cc2cccc(F)c2C1)c1ccccc1. The Balaban J connectivity index is 1.71. The monoisotopic (exact) mass is 255 g/mol. The number of amides is 1. The van der Waals surface area contributed by atoms with Crippen LogP contribution in [0.4, 0.5) is 4.39 Å². The summed E-state index contributed by atoms with van der Waals surface area (Å²) in [6, 6.07) is 14.2. The fraction of sp³-hybridized carbons (Fsp3) is 0.188. The first-order valence-corrected chi connectivity index (χ1v) is 6.36. The number of halogens is 1. The first kappa shape index (κ1) is 11.9. The first-order chi connectivity index (χ1) is 9.24. The van der Waals surface area contributed by atoms with Crippen molar-refractivity contribution in [2.75, 3.05) is 0 Å². The van der Waals surface area contributed by atoms with E-state index in [9.17, 15) is 9.18 Å². The lowest BCUT2D eigenvalue weighted by atomic mass is 10.1. The van der Waals surface area contributed by atoms with Gasteiger partial charge in [-0.15, -0.1) is 0 Å². The van der Waals surface area contributed by atoms with E-state index in [1.807, 2.05) is 24.3 Å². The number of carbonyl (C=O) groups is 1. The van der Waals surface area contributed by atoms with Crippen LogP contribution in [0.15, 0.2) is 48.5 Å². The van der Waals surface area contributed by atoms with Crippen LogP contribution in [0.25, 0.3) is 0 Å². The topological polar surface area (TPSA) is 29.1 Å². The molecule has 19 heavy (non-hydrogen) atoms. The van der Waals surface area contributed by atoms with Crippen molar-refractivity contribution in [1.82, 2.24) is 5.32 Å². The van der Waals surface area contributed by atoms with E-state index in [-0.39, 0.29) is 17.8 Å². The van der Waals surface area contributed by atoms with Crippen LogP contribution in [0, 0.1) is 5.82 Å². The van der Waals surface area contributed by atoms with Crippen LogP contribution in [-0.2, 0) is 12.8 Å². The van der Waals surface area contributed by atoms with E-state index in [0.29, 0.717) is 18.4 Å². The van der Waals surface area contributed by atoms with Crippen LogP contribution < -0.4 is 5.32 Å². The minimum absolute atomic E-state index is 0.0143. The minimum Gasteiger partial charge on any atom is -0.349 e. The third kappa shape index (κ3) is 2.36. The zero-order chi connectivity index (χ0) is 13.2. The van der Waals surface area contributed by atoms with Crippen molar-refractivity contribution in [3.05, 3.63) is 71.0 Å². The van der Waals surface area contributed by atoms with Crippen LogP contribution in [-0.4, -0.2) is 11.9 Å². The summed E-state index contributed by atoms with van der Waals surface area (Å²) in [7, 11) is 0. The Morgan fingerprint density at radius 3 is 2.58 bits per heavy atom. The Hall–Kier alpha value is -2.16. The molecule has 3 heteroatoms. The van der Waals surface area contributed by atoms with Gasteiger partial charge in [0.25, 0.3) is 5.91 Å². The molecule has 3 rings (SSSR count). The van der Waals surface area contributed by atoms with Crippen molar-refractivity contribution < 1.29 is 9.18 Å². The largest absolute Gasteiger partial charge is 0.349 e. The molecular weight excluding hydrogens is 241 g/mol. The van der Waals surface area contributed by atoms with Crippen molar-refractivity contribution in [2.45, 2.75) is 18.9 Å². The van der Waals surface area contributed by atoms with E-state index in [2.05, 4.69) is 5.32 Å². The van der Waals surface area contributed by atoms with Gasteiger partial charge in [0.2, 0.25) is 0 Å². The highest BCUT2D eigenvalue weighted by molar-refractivity contribution is 5.94. The minimum atomic E-state index is -0.172. The molecule has 1 aliphatic rings. The molecule has 1 aliphatic carbocycles. The van der Waals surface area contributed by atoms with E-state index in [1.165, 1.54) is 6.07 Å². The average Bonchev–Trinajstić information content (AvgIpc) is 2.84. The number of rotatable bonds is 2. The first-order valence-electron chi connectivity index (χ1n) is 6.36. The maximum atomic E-state index is 13.6. The van der Waals surface area contributed by atoms with Gasteiger partial charge >= 0.3 is 0 Å². The van der Waals surface area contributed by atoms with E-state index in [1.54, 1.807) is 18.2 Å². The summed E-state index contributed by atoms with van der Waals surface area (Å²) in [4.78, 5) is 12.0. The van der Waals surface area contributed by atoms with Gasteiger partial charge < -0.3 is 5.32 Å². The molecule has 0 bridgehead atoms. The van der Waals surface area contributed by atoms with Gasteiger partial charge in [-0.1, -0.05) is 30.3 Å². The molecule has 0 saturated carbocycles. The van der Waals surface area contributed by atoms with E-state index < -0.39 is 0 Å². The van der Waals surface area contributed by atoms with Crippen LogP contribution in [0.3, 0.4) is 0 Å². The summed E-state index contributed by atoms with van der Waals surface area (Å²) < 4.78 is 13.6. The zero-order valence-electron chi connectivity index (χ0n) is 10.4. The maximum absolute atomic E-state index is 13.6. The Labute approximate surface area is 111 Å². The smallest absolute Gasteiger partial charge is 0.251 e. The molecule has 0 saturated heterocycles. The Kier molecular flexibility index (Phi) is 3.03. The van der Waals surface area contributed by atoms with E-state index in [0.717, 1.165) is 11.1 Å². The highest BCUT2D eigenvalue weighted by atomic mass is 19.1. The molecule has 0 aromatic heterocycles. The summed E-state index contributed by atoms with van der Waals surface area (Å²) in [6.07, 6.45) is 1.27. The standard InChI is InChI=1S/C16H14FNO/c17-15-8-4-7-12-9-13(10-14(12)15)18-16(19)11-5-2-1-3-6-11/h1-8,13H,9-10H2,(H,18,19). The Morgan fingerprint density at radius 2 is 1.84 bits per heavy atom. The van der Waals surface area contributed by atoms with Gasteiger partial charge in [0, 0.05) is 11.6 Å². The molecule has 0 fully saturated rings. The molecule has 1 N–H and O–H groups in total. The summed E-state index contributed by atoms with van der Waals surface area (Å²) in [5.41, 5.74) is 2.37. The molecule has 1 unspecified atom stereocenters. The lowest BCUT2D eigenvalue weighted by molar-refractivity contribution is 0.0938. The second-order valence-corrected chi connectivity index (χ2v) is 4.82. The summed E-state index contributed by atoms with van der Waals surface area (Å²) in [6.45, 7) is 0. The normalized spacial score (nSPS) is 17.0. The number of benzene rings is 2. The van der Waals surface area contributed by atoms with Gasteiger partial charge in [-0.2, -0.15) is 0 Å². The Bertz CT molecular complexity index is 609. The lowest BCUT2D eigenvalue weighted by Gasteiger charge is -2.11. The van der Waals surface area contributed by atoms with Gasteiger partial charge in [-0.25, -0.2) is 4.39 Å². The van der Waals surface area contributed by atoms with Gasteiger partial charge in [-0.3, -0.25) is 4.79 Å². The lowest BCUT2D eigenvalue weighted by Crippen LogP contribution is -2.35. The molecule has 2 aromatic rings. The Morgan fingerprint density at radius 1 is 1.05 bits per heavy atom. The maximum Gasteiger partial charge on any atom is 0.251 e. The second-order valence-electron chi connectivity index (χ2n) is 4.82. The fourth-order valence-corrected chi connectivity index (χ4v) is 2.57. The third-order valence-electron chi connectivity index (χ3n) is 3.50. The molecule has 0 aliphatic heterocycles. The van der Waals surface area contributed by atoms with Gasteiger partial charge in [-0.05, 0) is 42.2 Å². The molecular formula is C16H14FNO. The summed E-state index contributed by atoms with van der Waals surface area (Å²) in [5.74, 6) is -0.271. The van der Waals surface area contributed by atoms with Crippen LogP contribution in [0.1, 0.15) is 21.5 Å². The average molecular weight is 255 g/mol. The number of nitrogens with one attached hydrogen (secondary N) is 1. The van der Waals surface area contributed by atoms with Crippen molar-refractivity contribution in [2.24, 2.45) is 0 Å². The molecule has 0 radical (unpaired) electrons. The van der Waals surface area contributed by atoms with E-state index in [4.69, 9.17) is 0 Å². The number of fused-ring (bicyclic) bond motifs is 1. The third-order valence-corrected chi connectivity index (χ3v) is 3.50. The molecule has 2 nitrogen and oxygen atoms in total. The summed E-state index contributed by atoms with van der Waals surface area (Å²) >= 11 is 0. The van der Waals surface area contributed by atoms with Gasteiger partial charge in [0.1, 0.15) is 5.82 Å². The number of hydrogen-bond acceptors (Lipinski definition) is 1. The van der Waals surface area contributed by atoms with Crippen molar-refractivity contribution in [1.29, 1.82) is 0 Å². The number of carbonyl (C=O) groups excluding carboxylic acids is 1. The van der Waals surface area contributed by atoms with Crippen molar-refractivity contribution >= 4 is 5.91 Å². The van der Waals surface area contributed by atoms with Crippen LogP contribution in [0.5, 0.6) is 0 Å². The van der Waals surface area contributed by atoms with Gasteiger partial charge in [0.15, 0.2) is 0 Å². The van der Waals surface area contributed by atoms with Crippen molar-refractivity contribution in [3.8, 4) is 0 Å². The molecule has 1 amide bonds. The van der Waals surface area contributed by atoms with E-state index >= 15 is 0 Å². The fourth-order valence-electron chi connectivity index (χ4n) is 2.57. The molecule has 2 aromatic carbocycles. The molecule has 0 heterocycles. The number of hydrogen-bond donors (Lipinski definition) is 1. The summed E-state index contributed by atoms with van der Waals surface area (Å²) in [5, 5.41) is 2.96. The predicted octanol–water partition coefficient (Wildman–Crippen LogP) is 2.72. The highest BCUT2D eigenvalue weighted by Crippen LogP contribution is 2.24. The highest BCUT2D eigenvalue weighted by Gasteiger charge is 2.25. The predicted molar refractivity (Wildman–Crippen MR) is 71.5 cm³/mol. The second kappa shape index (κ2) is 4.84. The molecule has 96 valence electrons.